The monoisotopic (exact) mass is 342 g/mol. The normalized spacial score (nSPS) is 12.7. The molecule has 0 aliphatic rings. The summed E-state index contributed by atoms with van der Waals surface area (Å²) in [4.78, 5) is 2.76. The van der Waals surface area contributed by atoms with Crippen LogP contribution in [0.15, 0.2) is 6.07 Å². The summed E-state index contributed by atoms with van der Waals surface area (Å²) < 4.78 is 16.5. The first-order valence-corrected chi connectivity index (χ1v) is 9.44. The Balaban J connectivity index is 2.83. The molecule has 0 radical (unpaired) electrons. The summed E-state index contributed by atoms with van der Waals surface area (Å²) in [6.07, 6.45) is 2.22. The molecule has 1 aromatic heterocycles. The summed E-state index contributed by atoms with van der Waals surface area (Å²) in [7, 11) is 1.68. The van der Waals surface area contributed by atoms with Crippen LogP contribution in [-0.2, 0) is 20.3 Å². The molecule has 0 aliphatic heterocycles. The van der Waals surface area contributed by atoms with Gasteiger partial charge in [0.2, 0.25) is 0 Å². The van der Waals surface area contributed by atoms with E-state index in [4.69, 9.17) is 14.2 Å². The van der Waals surface area contributed by atoms with Crippen LogP contribution in [0.5, 0.6) is 5.75 Å². The fourth-order valence-electron chi connectivity index (χ4n) is 2.08. The maximum Gasteiger partial charge on any atom is 0.134 e. The molecule has 0 atom stereocenters. The third kappa shape index (κ3) is 5.77. The molecule has 134 valence electrons. The molecule has 0 fully saturated rings. The molecule has 1 heterocycles. The zero-order valence-corrected chi connectivity index (χ0v) is 16.8. The Morgan fingerprint density at radius 1 is 0.913 bits per heavy atom. The molecule has 4 heteroatoms. The van der Waals surface area contributed by atoms with E-state index in [1.807, 2.05) is 11.3 Å². The Kier molecular flexibility index (Phi) is 8.05. The number of thiophene rings is 1. The van der Waals surface area contributed by atoms with Gasteiger partial charge in [-0.05, 0) is 24.3 Å². The standard InChI is InChI=1S/C19H34O3S/c1-8-18(3,4)16-14-15(17(23-16)19(5,6)9-2)22-13-12-21-11-10-20-7/h14H,8-13H2,1-7H3. The number of ether oxygens (including phenoxy) is 3. The quantitative estimate of drug-likeness (QED) is 0.520. The van der Waals surface area contributed by atoms with E-state index in [9.17, 15) is 0 Å². The van der Waals surface area contributed by atoms with Gasteiger partial charge in [-0.15, -0.1) is 11.3 Å². The summed E-state index contributed by atoms with van der Waals surface area (Å²) in [6, 6.07) is 2.25. The first-order valence-electron chi connectivity index (χ1n) is 8.62. The second kappa shape index (κ2) is 9.05. The van der Waals surface area contributed by atoms with Crippen LogP contribution in [0.25, 0.3) is 0 Å². The molecule has 0 saturated carbocycles. The van der Waals surface area contributed by atoms with Gasteiger partial charge >= 0.3 is 0 Å². The van der Waals surface area contributed by atoms with Crippen molar-refractivity contribution in [3.05, 3.63) is 15.8 Å². The predicted molar refractivity (Wildman–Crippen MR) is 99.1 cm³/mol. The van der Waals surface area contributed by atoms with E-state index in [0.717, 1.165) is 18.6 Å². The third-order valence-corrected chi connectivity index (χ3v) is 6.51. The number of hydrogen-bond acceptors (Lipinski definition) is 4. The highest BCUT2D eigenvalue weighted by Crippen LogP contribution is 2.45. The molecule has 1 aromatic rings. The summed E-state index contributed by atoms with van der Waals surface area (Å²) in [5, 5.41) is 0. The summed E-state index contributed by atoms with van der Waals surface area (Å²) in [5.74, 6) is 1.04. The number of hydrogen-bond donors (Lipinski definition) is 0. The summed E-state index contributed by atoms with van der Waals surface area (Å²) >= 11 is 1.91. The highest BCUT2D eigenvalue weighted by atomic mass is 32.1. The van der Waals surface area contributed by atoms with Crippen LogP contribution in [0.1, 0.15) is 64.1 Å². The van der Waals surface area contributed by atoms with Gasteiger partial charge in [-0.25, -0.2) is 0 Å². The molecule has 0 amide bonds. The maximum atomic E-state index is 6.07. The highest BCUT2D eigenvalue weighted by molar-refractivity contribution is 7.12. The first kappa shape index (κ1) is 20.5. The molecule has 0 saturated heterocycles. The average molecular weight is 343 g/mol. The molecule has 3 nitrogen and oxygen atoms in total. The van der Waals surface area contributed by atoms with Gasteiger partial charge in [-0.1, -0.05) is 41.5 Å². The van der Waals surface area contributed by atoms with Crippen molar-refractivity contribution in [2.24, 2.45) is 0 Å². The zero-order valence-electron chi connectivity index (χ0n) is 16.0. The molecular weight excluding hydrogens is 308 g/mol. The third-order valence-electron chi connectivity index (χ3n) is 4.66. The topological polar surface area (TPSA) is 27.7 Å². The number of methoxy groups -OCH3 is 1. The SMILES string of the molecule is CCC(C)(C)c1cc(OCCOCCOC)c(C(C)(C)CC)s1. The Labute approximate surface area is 146 Å². The first-order chi connectivity index (χ1) is 10.8. The molecule has 0 bridgehead atoms. The lowest BCUT2D eigenvalue weighted by molar-refractivity contribution is 0.0542. The second-order valence-electron chi connectivity index (χ2n) is 7.23. The van der Waals surface area contributed by atoms with Crippen molar-refractivity contribution >= 4 is 11.3 Å². The molecular formula is C19H34O3S. The van der Waals surface area contributed by atoms with Crippen LogP contribution in [0.3, 0.4) is 0 Å². The lowest BCUT2D eigenvalue weighted by atomic mass is 9.86. The van der Waals surface area contributed by atoms with E-state index >= 15 is 0 Å². The summed E-state index contributed by atoms with van der Waals surface area (Å²) in [6.45, 7) is 16.1. The Morgan fingerprint density at radius 3 is 2.09 bits per heavy atom. The minimum absolute atomic E-state index is 0.138. The predicted octanol–water partition coefficient (Wildman–Crippen LogP) is 5.17. The van der Waals surface area contributed by atoms with Gasteiger partial charge in [0.15, 0.2) is 0 Å². The van der Waals surface area contributed by atoms with Gasteiger partial charge < -0.3 is 14.2 Å². The van der Waals surface area contributed by atoms with Crippen molar-refractivity contribution < 1.29 is 14.2 Å². The fraction of sp³-hybridized carbons (Fsp3) is 0.789. The highest BCUT2D eigenvalue weighted by Gasteiger charge is 2.30. The average Bonchev–Trinajstić information content (AvgIpc) is 2.96. The van der Waals surface area contributed by atoms with E-state index in [2.05, 4.69) is 47.6 Å². The molecule has 1 rings (SSSR count). The van der Waals surface area contributed by atoms with E-state index in [-0.39, 0.29) is 10.8 Å². The van der Waals surface area contributed by atoms with Gasteiger partial charge in [-0.3, -0.25) is 0 Å². The molecule has 0 N–H and O–H groups in total. The van der Waals surface area contributed by atoms with Gasteiger partial charge in [0.25, 0.3) is 0 Å². The largest absolute Gasteiger partial charge is 0.490 e. The second-order valence-corrected chi connectivity index (χ2v) is 8.28. The molecule has 0 spiro atoms. The molecule has 0 aliphatic carbocycles. The van der Waals surface area contributed by atoms with Crippen LogP contribution >= 0.6 is 11.3 Å². The van der Waals surface area contributed by atoms with E-state index in [1.54, 1.807) is 7.11 Å². The van der Waals surface area contributed by atoms with Crippen molar-refractivity contribution in [3.8, 4) is 5.75 Å². The van der Waals surface area contributed by atoms with Crippen molar-refractivity contribution in [2.75, 3.05) is 33.5 Å². The Bertz CT molecular complexity index is 463. The molecule has 0 unspecified atom stereocenters. The van der Waals surface area contributed by atoms with Crippen LogP contribution in [-0.4, -0.2) is 33.5 Å². The van der Waals surface area contributed by atoms with Crippen LogP contribution < -0.4 is 4.74 Å². The lowest BCUT2D eigenvalue weighted by Crippen LogP contribution is -2.16. The van der Waals surface area contributed by atoms with Crippen molar-refractivity contribution in [3.63, 3.8) is 0 Å². The van der Waals surface area contributed by atoms with Gasteiger partial charge in [0, 0.05) is 17.4 Å². The smallest absolute Gasteiger partial charge is 0.134 e. The minimum atomic E-state index is 0.138. The zero-order chi connectivity index (χ0) is 17.5. The van der Waals surface area contributed by atoms with Crippen LogP contribution in [0.4, 0.5) is 0 Å². The molecule has 0 aromatic carbocycles. The van der Waals surface area contributed by atoms with E-state index in [0.29, 0.717) is 26.4 Å². The van der Waals surface area contributed by atoms with Crippen molar-refractivity contribution in [1.29, 1.82) is 0 Å². The van der Waals surface area contributed by atoms with Gasteiger partial charge in [-0.2, -0.15) is 0 Å². The van der Waals surface area contributed by atoms with E-state index < -0.39 is 0 Å². The Morgan fingerprint density at radius 2 is 1.52 bits per heavy atom. The van der Waals surface area contributed by atoms with Crippen LogP contribution in [0.2, 0.25) is 0 Å². The van der Waals surface area contributed by atoms with Crippen molar-refractivity contribution in [1.82, 2.24) is 0 Å². The van der Waals surface area contributed by atoms with Crippen LogP contribution in [0, 0.1) is 0 Å². The number of rotatable bonds is 11. The van der Waals surface area contributed by atoms with Gasteiger partial charge in [0.05, 0.1) is 24.7 Å². The van der Waals surface area contributed by atoms with E-state index in [1.165, 1.54) is 9.75 Å². The minimum Gasteiger partial charge on any atom is -0.490 e. The fourth-order valence-corrected chi connectivity index (χ4v) is 3.52. The maximum absolute atomic E-state index is 6.07. The summed E-state index contributed by atoms with van der Waals surface area (Å²) in [5.41, 5.74) is 0.332. The Hall–Kier alpha value is -0.580. The van der Waals surface area contributed by atoms with Gasteiger partial charge in [0.1, 0.15) is 12.4 Å². The molecule has 23 heavy (non-hydrogen) atoms. The van der Waals surface area contributed by atoms with Crippen molar-refractivity contribution in [2.45, 2.75) is 65.2 Å². The lowest BCUT2D eigenvalue weighted by Gasteiger charge is -2.23.